The van der Waals surface area contributed by atoms with Gasteiger partial charge in [-0.25, -0.2) is 54.4 Å². The van der Waals surface area contributed by atoms with Crippen molar-refractivity contribution < 1.29 is 261 Å². The molecule has 0 aromatic rings. The number of hydrogen-bond donors (Lipinski definition) is 14. The summed E-state index contributed by atoms with van der Waals surface area (Å²) in [6.45, 7) is -8.94. The van der Waals surface area contributed by atoms with Gasteiger partial charge in [-0.15, -0.1) is 0 Å². The van der Waals surface area contributed by atoms with E-state index < -0.39 is 284 Å². The average Bonchev–Trinajstić information content (AvgIpc) is 0.776. The highest BCUT2D eigenvalue weighted by Gasteiger charge is 2.63. The first-order valence-electron chi connectivity index (χ1n) is 22.7. The summed E-state index contributed by atoms with van der Waals surface area (Å²) in [5, 5.41) is 11.2. The Labute approximate surface area is 542 Å². The molecular formula is C24H42O60S13. The predicted molar refractivity (Wildman–Crippen MR) is 269 cm³/mol. The molecule has 0 amide bonds. The van der Waals surface area contributed by atoms with Crippen LogP contribution in [0.5, 0.6) is 0 Å². The summed E-state index contributed by atoms with van der Waals surface area (Å²) in [7, 11) is -83.4. The molecule has 0 aromatic carbocycles. The summed E-state index contributed by atoms with van der Waals surface area (Å²) in [6, 6.07) is 0. The monoisotopic (exact) mass is 1710 g/mol. The Morgan fingerprint density at radius 3 is 0.588 bits per heavy atom. The van der Waals surface area contributed by atoms with Crippen molar-refractivity contribution in [2.75, 3.05) is 26.4 Å². The first-order valence-corrected chi connectivity index (χ1v) is 40.4. The summed E-state index contributed by atoms with van der Waals surface area (Å²) in [4.78, 5) is 0. The van der Waals surface area contributed by atoms with Gasteiger partial charge in [0.2, 0.25) is 0 Å². The molecule has 0 aliphatic carbocycles. The standard InChI is InChI=1S/C24H42O60S13/c25-21-17(15(80-93(50,51)52)11(78-91(44,45)46)5(69-21)1-65-85(26,27)28)75-23-19(83-96(59,60)61)14(10(77-90(41,42)43)7(71-23)3-67-87(32,33)34)73-22-18(82-95(56,57)58)13(9(76-89(38,39)40)6(70-22)2-66-86(29,30)31)74-24-20(84-97(62,63)64)16(81-94(53,54)55)12(79-92(47,48)49)8(72-24)4-68-88(35,36)37/h5-25H,1-4H2,(H,26,27,28)(H,29,30,31)(H,32,33,34)(H,35,36,37)(H,38,39,40)(H,41,42,43)(H,44,45,46)(H,47,48,49)(H,50,51,52)(H,53,54,55)(H,56,57,58)(H,59,60,61)(H,62,63,64)/t5-,6-,7-,8-,9-,10-,11-,12-,13+,14+,15+,16+,17+,18+,19+,20+,21?,22-,23-,24-/m1/s1. The van der Waals surface area contributed by atoms with Gasteiger partial charge in [-0.2, -0.15) is 109 Å². The fraction of sp³-hybridized carbons (Fsp3) is 1.00. The molecule has 4 rings (SSSR count). The Balaban J connectivity index is 2.25. The van der Waals surface area contributed by atoms with Crippen LogP contribution in [0, 0.1) is 0 Å². The molecule has 0 saturated carbocycles. The molecule has 0 aromatic heterocycles. The second-order valence-corrected chi connectivity index (χ2v) is 31.5. The molecule has 0 bridgehead atoms. The van der Waals surface area contributed by atoms with Gasteiger partial charge in [0.25, 0.3) is 0 Å². The predicted octanol–water partition coefficient (Wildman–Crippen LogP) is -12.0. The zero-order valence-electron chi connectivity index (χ0n) is 44.7. The van der Waals surface area contributed by atoms with Gasteiger partial charge in [-0.05, 0) is 0 Å². The maximum atomic E-state index is 12.9. The molecule has 4 aliphatic heterocycles. The van der Waals surface area contributed by atoms with Gasteiger partial charge in [0.1, 0.15) is 79.4 Å². The maximum Gasteiger partial charge on any atom is 0.397 e. The summed E-state index contributed by atoms with van der Waals surface area (Å²) >= 11 is 0. The molecule has 1 unspecified atom stereocenters. The second-order valence-electron chi connectivity index (χ2n) is 17.7. The molecule has 20 atom stereocenters. The molecule has 97 heavy (non-hydrogen) atoms. The van der Waals surface area contributed by atoms with Crippen LogP contribution in [0.1, 0.15) is 0 Å². The number of aliphatic hydroxyl groups excluding tert-OH is 1. The Morgan fingerprint density at radius 2 is 0.371 bits per heavy atom. The van der Waals surface area contributed by atoms with Crippen molar-refractivity contribution in [3.63, 3.8) is 0 Å². The van der Waals surface area contributed by atoms with Gasteiger partial charge >= 0.3 is 135 Å². The van der Waals surface area contributed by atoms with E-state index >= 15 is 0 Å². The Hall–Kier alpha value is -2.01. The lowest BCUT2D eigenvalue weighted by Crippen LogP contribution is -2.70. The quantitative estimate of drug-likeness (QED) is 0.0259. The van der Waals surface area contributed by atoms with Crippen LogP contribution in [-0.2, 0) is 223 Å². The lowest BCUT2D eigenvalue weighted by atomic mass is 9.95. The Bertz CT molecular complexity index is 4320. The van der Waals surface area contributed by atoms with Gasteiger partial charge in [-0.1, -0.05) is 0 Å². The molecule has 576 valence electrons. The lowest BCUT2D eigenvalue weighted by molar-refractivity contribution is -0.382. The number of rotatable bonds is 36. The van der Waals surface area contributed by atoms with E-state index in [0.717, 1.165) is 0 Å². The van der Waals surface area contributed by atoms with Gasteiger partial charge in [0.05, 0.1) is 26.4 Å². The largest absolute Gasteiger partial charge is 0.397 e. The molecule has 4 aliphatic rings. The van der Waals surface area contributed by atoms with Crippen LogP contribution >= 0.6 is 0 Å². The van der Waals surface area contributed by atoms with E-state index in [1.807, 2.05) is 0 Å². The lowest BCUT2D eigenvalue weighted by Gasteiger charge is -2.50. The van der Waals surface area contributed by atoms with E-state index in [0.29, 0.717) is 0 Å². The highest BCUT2D eigenvalue weighted by molar-refractivity contribution is 7.83. The maximum absolute atomic E-state index is 12.9. The summed E-state index contributed by atoms with van der Waals surface area (Å²) in [5.74, 6) is 0. The molecule has 73 heteroatoms. The van der Waals surface area contributed by atoms with Crippen molar-refractivity contribution in [1.82, 2.24) is 0 Å². The molecule has 0 spiro atoms. The summed E-state index contributed by atoms with van der Waals surface area (Å²) in [6.07, 6.45) is -72.8. The number of hydrogen-bond acceptors (Lipinski definition) is 47. The first kappa shape index (κ1) is 87.4. The number of aliphatic hydroxyl groups is 1. The highest BCUT2D eigenvalue weighted by atomic mass is 32.3. The molecule has 4 saturated heterocycles. The minimum atomic E-state index is -6.85. The third-order valence-electron chi connectivity index (χ3n) is 10.9. The van der Waals surface area contributed by atoms with Crippen molar-refractivity contribution in [3.05, 3.63) is 0 Å². The van der Waals surface area contributed by atoms with E-state index in [9.17, 15) is 169 Å². The Kier molecular flexibility index (Phi) is 28.6. The third-order valence-corrected chi connectivity index (χ3v) is 16.8. The smallest absolute Gasteiger partial charge is 0.366 e. The normalized spacial score (nSPS) is 33.1. The van der Waals surface area contributed by atoms with Crippen molar-refractivity contribution in [2.24, 2.45) is 0 Å². The van der Waals surface area contributed by atoms with Crippen molar-refractivity contribution >= 4 is 135 Å². The minimum Gasteiger partial charge on any atom is -0.366 e. The fourth-order valence-corrected chi connectivity index (χ4v) is 13.9. The third kappa shape index (κ3) is 31.5. The topological polar surface area (TPSA) is 912 Å². The van der Waals surface area contributed by atoms with Crippen LogP contribution in [0.15, 0.2) is 0 Å². The molecule has 0 radical (unpaired) electrons. The van der Waals surface area contributed by atoms with Gasteiger partial charge < -0.3 is 38.3 Å². The van der Waals surface area contributed by atoms with Crippen LogP contribution in [0.3, 0.4) is 0 Å². The summed E-state index contributed by atoms with van der Waals surface area (Å²) < 4.78 is 535. The fourth-order valence-electron chi connectivity index (χ4n) is 8.18. The molecular weight excluding hydrogens is 1670 g/mol. The van der Waals surface area contributed by atoms with Crippen molar-refractivity contribution in [3.8, 4) is 0 Å². The van der Waals surface area contributed by atoms with Gasteiger partial charge in [0.15, 0.2) is 43.5 Å². The van der Waals surface area contributed by atoms with E-state index in [1.165, 1.54) is 0 Å². The SMILES string of the molecule is O=S(=O)(O)OC[C@H]1O[C@H](O[C@@H]2[C@H](OS(=O)(=O)O)[C@@H](O[C@@H]3C(O)O[C@H](COS(=O)(=O)O)[C@@H](OS(=O)(=O)O)[C@@H]3OS(=O)(=O)O)O[C@H](COS(=O)(=O)O)[C@H]2OS(=O)(=O)O)[C@@H](OS(=O)(=O)O)[C@@H](O[C@H]2O[C@H](COS(=O)(=O)O)[C@@H](OS(=O)(=O)O)[C@H](OS(=O)(=O)O)[C@@H]2OS(=O)(=O)O)[C@@H]1OS(=O)(=O)O. The van der Waals surface area contributed by atoms with Crippen LogP contribution in [-0.4, -0.2) is 323 Å². The molecule has 14 N–H and O–H groups in total. The van der Waals surface area contributed by atoms with Crippen LogP contribution in [0.25, 0.3) is 0 Å². The van der Waals surface area contributed by atoms with Crippen LogP contribution in [0.2, 0.25) is 0 Å². The highest BCUT2D eigenvalue weighted by Crippen LogP contribution is 2.41. The zero-order valence-corrected chi connectivity index (χ0v) is 55.3. The van der Waals surface area contributed by atoms with Gasteiger partial charge in [-0.3, -0.25) is 59.2 Å². The molecule has 4 fully saturated rings. The van der Waals surface area contributed by atoms with Crippen molar-refractivity contribution in [2.45, 2.75) is 123 Å². The average molecular weight is 1710 g/mol. The molecule has 60 nitrogen and oxygen atoms in total. The van der Waals surface area contributed by atoms with E-state index in [4.69, 9.17) is 37.7 Å². The molecule has 4 heterocycles. The second kappa shape index (κ2) is 31.8. The van der Waals surface area contributed by atoms with E-state index in [1.54, 1.807) is 0 Å². The van der Waals surface area contributed by atoms with Crippen LogP contribution in [0.4, 0.5) is 0 Å². The van der Waals surface area contributed by atoms with Gasteiger partial charge in [0, 0.05) is 0 Å². The minimum absolute atomic E-state index is 1.97. The zero-order chi connectivity index (χ0) is 75.0. The Morgan fingerprint density at radius 1 is 0.206 bits per heavy atom. The summed E-state index contributed by atoms with van der Waals surface area (Å²) in [5.41, 5.74) is 0. The van der Waals surface area contributed by atoms with E-state index in [2.05, 4.69) is 54.4 Å². The van der Waals surface area contributed by atoms with E-state index in [-0.39, 0.29) is 0 Å². The number of ether oxygens (including phenoxy) is 7. The van der Waals surface area contributed by atoms with Crippen molar-refractivity contribution in [1.29, 1.82) is 0 Å². The first-order chi connectivity index (χ1) is 43.0. The van der Waals surface area contributed by atoms with Crippen LogP contribution < -0.4 is 0 Å².